The molecule has 304 valence electrons. The van der Waals surface area contributed by atoms with E-state index in [0.29, 0.717) is 12.1 Å². The van der Waals surface area contributed by atoms with Crippen LogP contribution >= 0.6 is 0 Å². The normalized spacial score (nSPS) is 13.6. The van der Waals surface area contributed by atoms with Crippen LogP contribution in [0, 0.1) is 0 Å². The van der Waals surface area contributed by atoms with Crippen LogP contribution in [-0.2, 0) is 68.8 Å². The van der Waals surface area contributed by atoms with Gasteiger partial charge in [-0.1, -0.05) is 0 Å². The molecule has 6 N–H and O–H groups in total. The third-order valence-electron chi connectivity index (χ3n) is 7.03. The lowest BCUT2D eigenvalue weighted by atomic mass is 10.1. The number of azo groups is 2. The van der Waals surface area contributed by atoms with Gasteiger partial charge < -0.3 is 10.8 Å². The molecular formula is C27H27N5O18S6. The first-order valence-electron chi connectivity index (χ1n) is 14.6. The molecule has 0 bridgehead atoms. The number of nitrogens with zero attached hydrogens (tertiary/aromatic N) is 4. The van der Waals surface area contributed by atoms with Crippen molar-refractivity contribution in [3.05, 3.63) is 60.7 Å². The van der Waals surface area contributed by atoms with Gasteiger partial charge in [-0.15, -0.1) is 10.2 Å². The molecule has 0 atom stereocenters. The molecule has 56 heavy (non-hydrogen) atoms. The molecule has 0 saturated carbocycles. The summed E-state index contributed by atoms with van der Waals surface area (Å²) in [6.07, 6.45) is 0.738. The molecule has 0 amide bonds. The number of fused-ring (bicyclic) bond motifs is 1. The summed E-state index contributed by atoms with van der Waals surface area (Å²) >= 11 is 0. The molecule has 0 aliphatic carbocycles. The van der Waals surface area contributed by atoms with Gasteiger partial charge in [0, 0.05) is 0 Å². The second-order valence-corrected chi connectivity index (χ2v) is 20.8. The smallest absolute Gasteiger partial charge is 0.397 e. The first-order valence-corrected chi connectivity index (χ1v) is 24.0. The summed E-state index contributed by atoms with van der Waals surface area (Å²) in [7, 11) is -27.5. The van der Waals surface area contributed by atoms with Crippen LogP contribution in [-0.4, -0.2) is 100 Å². The molecule has 0 unspecified atom stereocenters. The number of benzene rings is 4. The van der Waals surface area contributed by atoms with E-state index in [1.807, 2.05) is 0 Å². The summed E-state index contributed by atoms with van der Waals surface area (Å²) in [5.74, 6) is -2.67. The third kappa shape index (κ3) is 11.3. The minimum Gasteiger partial charge on any atom is -0.505 e. The van der Waals surface area contributed by atoms with Gasteiger partial charge in [-0.25, -0.2) is 21.0 Å². The van der Waals surface area contributed by atoms with Gasteiger partial charge in [-0.05, 0) is 66.0 Å². The number of sulfone groups is 2. The lowest BCUT2D eigenvalue weighted by Crippen LogP contribution is -2.15. The molecular weight excluding hydrogens is 875 g/mol. The molecule has 0 heterocycles. The maximum atomic E-state index is 12.5. The van der Waals surface area contributed by atoms with Crippen molar-refractivity contribution in [3.63, 3.8) is 0 Å². The molecule has 0 aromatic heterocycles. The Kier molecular flexibility index (Phi) is 12.7. The molecule has 4 aromatic carbocycles. The monoisotopic (exact) mass is 901 g/mol. The van der Waals surface area contributed by atoms with E-state index in [2.05, 4.69) is 28.8 Å². The summed E-state index contributed by atoms with van der Waals surface area (Å²) in [6.45, 7) is -1.57. The maximum Gasteiger partial charge on any atom is 0.397 e. The highest BCUT2D eigenvalue weighted by Gasteiger charge is 2.28. The Labute approximate surface area is 318 Å². The predicted molar refractivity (Wildman–Crippen MR) is 193 cm³/mol. The lowest BCUT2D eigenvalue weighted by molar-refractivity contribution is 0.284. The van der Waals surface area contributed by atoms with Gasteiger partial charge in [0.05, 0.1) is 63.2 Å². The van der Waals surface area contributed by atoms with Crippen molar-refractivity contribution in [2.75, 3.05) is 36.7 Å². The fourth-order valence-corrected chi connectivity index (χ4v) is 8.94. The average Bonchev–Trinajstić information content (AvgIpc) is 3.05. The highest BCUT2D eigenvalue weighted by Crippen LogP contribution is 2.48. The van der Waals surface area contributed by atoms with Gasteiger partial charge in [0.25, 0.3) is 30.4 Å². The third-order valence-corrected chi connectivity index (χ3v) is 13.2. The van der Waals surface area contributed by atoms with Crippen molar-refractivity contribution < 1.29 is 77.6 Å². The van der Waals surface area contributed by atoms with Crippen LogP contribution in [0.25, 0.3) is 10.8 Å². The molecule has 0 aliphatic rings. The number of aromatic hydroxyl groups is 1. The lowest BCUT2D eigenvalue weighted by Gasteiger charge is -2.14. The first-order chi connectivity index (χ1) is 25.6. The SMILES string of the molecule is CS(=O)(=O)OCCS(=O)(=O)c1ccc(/N=N/c2c(S(=O)(=O)O)cc3cc(S(=O)(=O)O)c(/N=N/c4ccc(S(=O)(=O)CCOS(=O)(=O)O)cc4)c(O)c3c2N)cc1. The topological polar surface area (TPSA) is 380 Å². The fourth-order valence-electron chi connectivity index (χ4n) is 4.54. The van der Waals surface area contributed by atoms with Gasteiger partial charge in [0.1, 0.15) is 21.2 Å². The number of hydrogen-bond donors (Lipinski definition) is 5. The van der Waals surface area contributed by atoms with Crippen LogP contribution in [0.15, 0.2) is 101 Å². The number of anilines is 1. The van der Waals surface area contributed by atoms with Gasteiger partial charge in [-0.3, -0.25) is 17.8 Å². The number of nitrogens with two attached hydrogens (primary N) is 1. The van der Waals surface area contributed by atoms with Crippen molar-refractivity contribution in [1.29, 1.82) is 0 Å². The summed E-state index contributed by atoms with van der Waals surface area (Å²) < 4.78 is 180. The zero-order valence-electron chi connectivity index (χ0n) is 27.9. The summed E-state index contributed by atoms with van der Waals surface area (Å²) in [4.78, 5) is -2.81. The molecule has 0 saturated heterocycles. The molecule has 0 spiro atoms. The van der Waals surface area contributed by atoms with Crippen LogP contribution in [0.1, 0.15) is 0 Å². The summed E-state index contributed by atoms with van der Waals surface area (Å²) in [6, 6.07) is 9.75. The van der Waals surface area contributed by atoms with E-state index in [0.717, 1.165) is 54.8 Å². The fraction of sp³-hybridized carbons (Fsp3) is 0.185. The number of phenols is 1. The van der Waals surface area contributed by atoms with E-state index >= 15 is 0 Å². The van der Waals surface area contributed by atoms with Crippen LogP contribution in [0.5, 0.6) is 5.75 Å². The molecule has 4 rings (SSSR count). The van der Waals surface area contributed by atoms with Gasteiger partial charge in [-0.2, -0.15) is 43.9 Å². The summed E-state index contributed by atoms with van der Waals surface area (Å²) in [5.41, 5.74) is 3.42. The number of nitrogen functional groups attached to an aromatic ring is 1. The quantitative estimate of drug-likeness (QED) is 0.0467. The highest BCUT2D eigenvalue weighted by molar-refractivity contribution is 7.92. The van der Waals surface area contributed by atoms with Gasteiger partial charge in [0.15, 0.2) is 25.4 Å². The zero-order valence-corrected chi connectivity index (χ0v) is 32.8. The Bertz CT molecular complexity index is 2740. The maximum absolute atomic E-state index is 12.5. The first kappa shape index (κ1) is 44.2. The van der Waals surface area contributed by atoms with Crippen molar-refractivity contribution in [2.45, 2.75) is 19.6 Å². The number of phenolic OH excluding ortho intramolecular Hbond substituents is 1. The van der Waals surface area contributed by atoms with E-state index in [1.54, 1.807) is 0 Å². The zero-order chi connectivity index (χ0) is 42.1. The van der Waals surface area contributed by atoms with Crippen molar-refractivity contribution in [3.8, 4) is 5.75 Å². The van der Waals surface area contributed by atoms with Crippen LogP contribution < -0.4 is 5.73 Å². The van der Waals surface area contributed by atoms with E-state index in [9.17, 15) is 64.7 Å². The summed E-state index contributed by atoms with van der Waals surface area (Å²) in [5, 5.41) is 25.1. The molecule has 4 aromatic rings. The van der Waals surface area contributed by atoms with Crippen molar-refractivity contribution in [1.82, 2.24) is 0 Å². The van der Waals surface area contributed by atoms with E-state index < -0.39 is 129 Å². The van der Waals surface area contributed by atoms with E-state index in [-0.39, 0.29) is 21.2 Å². The second-order valence-electron chi connectivity index (χ2n) is 11.1. The van der Waals surface area contributed by atoms with Crippen molar-refractivity contribution >= 4 is 99.6 Å². The molecule has 0 fully saturated rings. The molecule has 23 nitrogen and oxygen atoms in total. The molecule has 0 aliphatic heterocycles. The Morgan fingerprint density at radius 2 is 0.982 bits per heavy atom. The second kappa shape index (κ2) is 16.1. The Morgan fingerprint density at radius 3 is 1.38 bits per heavy atom. The van der Waals surface area contributed by atoms with Crippen LogP contribution in [0.4, 0.5) is 28.4 Å². The Balaban J connectivity index is 1.76. The van der Waals surface area contributed by atoms with Gasteiger partial charge >= 0.3 is 10.4 Å². The number of hydrogen-bond acceptors (Lipinski definition) is 20. The Morgan fingerprint density at radius 1 is 0.589 bits per heavy atom. The largest absolute Gasteiger partial charge is 0.505 e. The van der Waals surface area contributed by atoms with Crippen molar-refractivity contribution in [2.24, 2.45) is 20.5 Å². The van der Waals surface area contributed by atoms with E-state index in [1.165, 1.54) is 0 Å². The minimum atomic E-state index is -5.28. The van der Waals surface area contributed by atoms with Gasteiger partial charge in [0.2, 0.25) is 0 Å². The predicted octanol–water partition coefficient (Wildman–Crippen LogP) is 2.79. The average molecular weight is 902 g/mol. The Hall–Kier alpha value is -4.56. The standard InChI is InChI=1S/C27H27N5O18S6/c1-51(34,35)49-10-12-52(36,37)19-6-2-17(3-7-19)29-31-25-21(54(40,41)42)14-16-15-22(55(43,44)45)26(27(33)23(16)24(25)28)32-30-18-4-8-20(9-5-18)53(38,39)13-11-50-56(46,47)48/h2-9,14-15,33H,10-13,28H2,1H3,(H,40,41,42)(H,43,44,45)(H,46,47,48)/b31-29+,32-30+. The number of rotatable bonds is 16. The van der Waals surface area contributed by atoms with E-state index in [4.69, 9.17) is 10.3 Å². The minimum absolute atomic E-state index is 0.109. The highest BCUT2D eigenvalue weighted by atomic mass is 32.3. The molecule has 29 heteroatoms. The van der Waals surface area contributed by atoms with Crippen LogP contribution in [0.3, 0.4) is 0 Å². The van der Waals surface area contributed by atoms with Crippen LogP contribution in [0.2, 0.25) is 0 Å². The molecule has 0 radical (unpaired) electrons.